The Morgan fingerprint density at radius 3 is 1.32 bits per heavy atom. The highest BCUT2D eigenvalue weighted by Gasteiger charge is 2.13. The average Bonchev–Trinajstić information content (AvgIpc) is 2.92. The summed E-state index contributed by atoms with van der Waals surface area (Å²) in [7, 11) is 0. The van der Waals surface area contributed by atoms with E-state index in [0.29, 0.717) is 47.2 Å². The van der Waals surface area contributed by atoms with Crippen molar-refractivity contribution in [3.63, 3.8) is 0 Å². The van der Waals surface area contributed by atoms with Gasteiger partial charge in [0.2, 0.25) is 0 Å². The first-order valence-corrected chi connectivity index (χ1v) is 12.3. The zero-order chi connectivity index (χ0) is 26.0. The van der Waals surface area contributed by atoms with Gasteiger partial charge in [-0.3, -0.25) is 9.59 Å². The number of hydrogen-bond donors (Lipinski definition) is 2. The molecule has 37 heavy (non-hydrogen) atoms. The number of hydrogen-bond acceptors (Lipinski definition) is 4. The topological polar surface area (TPSA) is 76.7 Å². The molecule has 0 aromatic heterocycles. The van der Waals surface area contributed by atoms with Gasteiger partial charge in [0, 0.05) is 11.4 Å². The fourth-order valence-corrected chi connectivity index (χ4v) is 3.92. The summed E-state index contributed by atoms with van der Waals surface area (Å²) in [6, 6.07) is 29.9. The van der Waals surface area contributed by atoms with E-state index in [1.807, 2.05) is 86.6 Å². The van der Waals surface area contributed by atoms with E-state index in [1.54, 1.807) is 24.3 Å². The first-order valence-electron chi connectivity index (χ1n) is 12.3. The molecule has 0 spiro atoms. The van der Waals surface area contributed by atoms with Crippen LogP contribution in [0.25, 0.3) is 0 Å². The lowest BCUT2D eigenvalue weighted by molar-refractivity contribution is 0.101. The Bertz CT molecular complexity index is 1240. The molecule has 0 atom stereocenters. The molecule has 0 aliphatic rings. The highest BCUT2D eigenvalue weighted by molar-refractivity contribution is 6.06. The summed E-state index contributed by atoms with van der Waals surface area (Å²) in [4.78, 5) is 25.4. The van der Waals surface area contributed by atoms with Crippen LogP contribution in [0.1, 0.15) is 45.7 Å². The number of para-hydroxylation sites is 2. The van der Waals surface area contributed by atoms with E-state index in [4.69, 9.17) is 9.47 Å². The van der Waals surface area contributed by atoms with Crippen LogP contribution in [0, 0.1) is 0 Å². The third-order valence-corrected chi connectivity index (χ3v) is 5.69. The second-order valence-corrected chi connectivity index (χ2v) is 8.34. The SMILES string of the molecule is CCOc1ccccc1C(=O)Nc1ccc(Cc2ccc(NC(=O)c3ccccc3OCC)cc2)cc1. The van der Waals surface area contributed by atoms with E-state index in [2.05, 4.69) is 10.6 Å². The zero-order valence-electron chi connectivity index (χ0n) is 21.0. The van der Waals surface area contributed by atoms with E-state index in [0.717, 1.165) is 17.5 Å². The second-order valence-electron chi connectivity index (χ2n) is 8.34. The highest BCUT2D eigenvalue weighted by atomic mass is 16.5. The molecule has 2 N–H and O–H groups in total. The largest absolute Gasteiger partial charge is 0.493 e. The van der Waals surface area contributed by atoms with Crippen molar-refractivity contribution >= 4 is 23.2 Å². The van der Waals surface area contributed by atoms with E-state index in [9.17, 15) is 9.59 Å². The summed E-state index contributed by atoms with van der Waals surface area (Å²) in [6.07, 6.45) is 0.725. The fraction of sp³-hybridized carbons (Fsp3) is 0.161. The van der Waals surface area contributed by atoms with E-state index in [1.165, 1.54) is 0 Å². The normalized spacial score (nSPS) is 10.4. The fourth-order valence-electron chi connectivity index (χ4n) is 3.92. The quantitative estimate of drug-likeness (QED) is 0.261. The van der Waals surface area contributed by atoms with Crippen LogP contribution in [0.3, 0.4) is 0 Å². The molecule has 0 unspecified atom stereocenters. The van der Waals surface area contributed by atoms with Gasteiger partial charge in [0.15, 0.2) is 0 Å². The number of amides is 2. The van der Waals surface area contributed by atoms with Crippen LogP contribution in [0.2, 0.25) is 0 Å². The van der Waals surface area contributed by atoms with Crippen LogP contribution in [0.15, 0.2) is 97.1 Å². The number of carbonyl (C=O) groups excluding carboxylic acids is 2. The third-order valence-electron chi connectivity index (χ3n) is 5.69. The minimum absolute atomic E-state index is 0.210. The summed E-state index contributed by atoms with van der Waals surface area (Å²) >= 11 is 0. The number of benzene rings is 4. The van der Waals surface area contributed by atoms with Crippen LogP contribution in [0.5, 0.6) is 11.5 Å². The van der Waals surface area contributed by atoms with Crippen LogP contribution in [-0.4, -0.2) is 25.0 Å². The molecule has 0 aliphatic heterocycles. The maximum atomic E-state index is 12.7. The number of anilines is 2. The van der Waals surface area contributed by atoms with Crippen LogP contribution >= 0.6 is 0 Å². The number of ether oxygens (including phenoxy) is 2. The van der Waals surface area contributed by atoms with Crippen molar-refractivity contribution in [1.82, 2.24) is 0 Å². The first-order chi connectivity index (χ1) is 18.1. The summed E-state index contributed by atoms with van der Waals surface area (Å²) in [6.45, 7) is 4.77. The van der Waals surface area contributed by atoms with Gasteiger partial charge in [0.05, 0.1) is 24.3 Å². The molecular formula is C31H30N2O4. The maximum Gasteiger partial charge on any atom is 0.259 e. The van der Waals surface area contributed by atoms with Gasteiger partial charge >= 0.3 is 0 Å². The molecule has 4 rings (SSSR count). The Kier molecular flexibility index (Phi) is 8.55. The first kappa shape index (κ1) is 25.5. The molecule has 0 fully saturated rings. The lowest BCUT2D eigenvalue weighted by atomic mass is 10.0. The molecule has 4 aromatic rings. The second kappa shape index (κ2) is 12.4. The molecule has 0 bridgehead atoms. The average molecular weight is 495 g/mol. The molecule has 188 valence electrons. The van der Waals surface area contributed by atoms with Crippen LogP contribution < -0.4 is 20.1 Å². The molecule has 0 saturated carbocycles. The highest BCUT2D eigenvalue weighted by Crippen LogP contribution is 2.22. The maximum absolute atomic E-state index is 12.7. The summed E-state index contributed by atoms with van der Waals surface area (Å²) in [5.74, 6) is 0.714. The number of nitrogens with one attached hydrogen (secondary N) is 2. The van der Waals surface area contributed by atoms with E-state index in [-0.39, 0.29) is 11.8 Å². The molecule has 6 heteroatoms. The van der Waals surface area contributed by atoms with Gasteiger partial charge in [-0.05, 0) is 79.9 Å². The van der Waals surface area contributed by atoms with Crippen molar-refractivity contribution in [1.29, 1.82) is 0 Å². The Hall–Kier alpha value is -4.58. The van der Waals surface area contributed by atoms with Crippen LogP contribution in [-0.2, 0) is 6.42 Å². The van der Waals surface area contributed by atoms with Gasteiger partial charge in [-0.25, -0.2) is 0 Å². The summed E-state index contributed by atoms with van der Waals surface area (Å²) in [5.41, 5.74) is 4.64. The smallest absolute Gasteiger partial charge is 0.259 e. The minimum Gasteiger partial charge on any atom is -0.493 e. The number of rotatable bonds is 10. The third kappa shape index (κ3) is 6.76. The molecular weight excluding hydrogens is 464 g/mol. The van der Waals surface area contributed by atoms with Crippen molar-refractivity contribution in [3.05, 3.63) is 119 Å². The van der Waals surface area contributed by atoms with Gasteiger partial charge in [-0.15, -0.1) is 0 Å². The predicted octanol–water partition coefficient (Wildman–Crippen LogP) is 6.58. The summed E-state index contributed by atoms with van der Waals surface area (Å²) in [5, 5.41) is 5.86. The molecule has 2 amide bonds. The van der Waals surface area contributed by atoms with Gasteiger partial charge in [-0.1, -0.05) is 48.5 Å². The van der Waals surface area contributed by atoms with Crippen LogP contribution in [0.4, 0.5) is 11.4 Å². The Balaban J connectivity index is 1.35. The monoisotopic (exact) mass is 494 g/mol. The lowest BCUT2D eigenvalue weighted by Gasteiger charge is -2.11. The lowest BCUT2D eigenvalue weighted by Crippen LogP contribution is -2.13. The molecule has 0 radical (unpaired) electrons. The van der Waals surface area contributed by atoms with E-state index < -0.39 is 0 Å². The van der Waals surface area contributed by atoms with Crippen molar-refractivity contribution in [2.75, 3.05) is 23.8 Å². The van der Waals surface area contributed by atoms with Crippen molar-refractivity contribution in [2.45, 2.75) is 20.3 Å². The molecule has 0 heterocycles. The van der Waals surface area contributed by atoms with Crippen molar-refractivity contribution in [2.24, 2.45) is 0 Å². The Morgan fingerprint density at radius 1 is 0.568 bits per heavy atom. The molecule has 0 aliphatic carbocycles. The summed E-state index contributed by atoms with van der Waals surface area (Å²) < 4.78 is 11.1. The van der Waals surface area contributed by atoms with Crippen molar-refractivity contribution in [3.8, 4) is 11.5 Å². The van der Waals surface area contributed by atoms with Gasteiger partial charge in [0.25, 0.3) is 11.8 Å². The van der Waals surface area contributed by atoms with Gasteiger partial charge in [0.1, 0.15) is 11.5 Å². The van der Waals surface area contributed by atoms with Gasteiger partial charge < -0.3 is 20.1 Å². The molecule has 0 saturated heterocycles. The molecule has 6 nitrogen and oxygen atoms in total. The van der Waals surface area contributed by atoms with E-state index >= 15 is 0 Å². The zero-order valence-corrected chi connectivity index (χ0v) is 21.0. The predicted molar refractivity (Wildman–Crippen MR) is 147 cm³/mol. The minimum atomic E-state index is -0.210. The Morgan fingerprint density at radius 2 is 0.946 bits per heavy atom. The molecule has 4 aromatic carbocycles. The standard InChI is InChI=1S/C31H30N2O4/c1-3-36-28-11-7-5-9-26(28)30(34)32-24-17-13-22(14-18-24)21-23-15-19-25(20-16-23)33-31(35)27-10-6-8-12-29(27)37-4-2/h5-20H,3-4,21H2,1-2H3,(H,32,34)(H,33,35). The van der Waals surface area contributed by atoms with Gasteiger partial charge in [-0.2, -0.15) is 0 Å². The Labute approximate surface area is 217 Å². The number of carbonyl (C=O) groups is 2. The van der Waals surface area contributed by atoms with Crippen molar-refractivity contribution < 1.29 is 19.1 Å².